The third kappa shape index (κ3) is 2.03. The lowest BCUT2D eigenvalue weighted by Crippen LogP contribution is -2.11. The molecule has 0 aliphatic heterocycles. The number of carbonyl (C=O) groups excluding carboxylic acids is 1. The number of aldehydes is 1. The molecule has 0 unspecified atom stereocenters. The Labute approximate surface area is 85.1 Å². The fourth-order valence-electron chi connectivity index (χ4n) is 2.41. The van der Waals surface area contributed by atoms with Crippen molar-refractivity contribution < 1.29 is 4.79 Å². The van der Waals surface area contributed by atoms with Gasteiger partial charge in [0, 0.05) is 5.92 Å². The van der Waals surface area contributed by atoms with Gasteiger partial charge in [-0.05, 0) is 30.7 Å². The molecule has 1 aliphatic carbocycles. The second kappa shape index (κ2) is 4.41. The predicted molar refractivity (Wildman–Crippen MR) is 57.0 cm³/mol. The summed E-state index contributed by atoms with van der Waals surface area (Å²) in [6, 6.07) is 10.5. The van der Waals surface area contributed by atoms with E-state index in [0.717, 1.165) is 19.1 Å². The standard InChI is InChI=1S/C13H16O/c14-10-13-8-4-7-12(13)9-11-5-2-1-3-6-11/h1-3,5-6,10,12-13H,4,7-9H2/t12-,13+/m1/s1. The minimum absolute atomic E-state index is 0.315. The monoisotopic (exact) mass is 188 g/mol. The molecule has 2 atom stereocenters. The molecule has 0 heterocycles. The van der Waals surface area contributed by atoms with E-state index in [4.69, 9.17) is 0 Å². The van der Waals surface area contributed by atoms with Gasteiger partial charge in [0.2, 0.25) is 0 Å². The van der Waals surface area contributed by atoms with Gasteiger partial charge in [-0.2, -0.15) is 0 Å². The van der Waals surface area contributed by atoms with Gasteiger partial charge in [0.1, 0.15) is 6.29 Å². The lowest BCUT2D eigenvalue weighted by molar-refractivity contribution is -0.111. The first-order valence-corrected chi connectivity index (χ1v) is 5.39. The molecule has 1 heteroatoms. The molecule has 1 saturated carbocycles. The molecule has 1 nitrogen and oxygen atoms in total. The molecule has 2 rings (SSSR count). The molecule has 0 amide bonds. The highest BCUT2D eigenvalue weighted by Gasteiger charge is 2.26. The molecule has 1 aromatic carbocycles. The van der Waals surface area contributed by atoms with E-state index in [1.165, 1.54) is 18.4 Å². The highest BCUT2D eigenvalue weighted by atomic mass is 16.1. The van der Waals surface area contributed by atoms with Gasteiger partial charge >= 0.3 is 0 Å². The van der Waals surface area contributed by atoms with Crippen LogP contribution < -0.4 is 0 Å². The van der Waals surface area contributed by atoms with E-state index in [1.807, 2.05) is 6.07 Å². The van der Waals surface area contributed by atoms with Crippen LogP contribution in [0.1, 0.15) is 24.8 Å². The Hall–Kier alpha value is -1.11. The fourth-order valence-corrected chi connectivity index (χ4v) is 2.41. The van der Waals surface area contributed by atoms with Crippen LogP contribution in [0.15, 0.2) is 30.3 Å². The fraction of sp³-hybridized carbons (Fsp3) is 0.462. The molecular formula is C13H16O. The van der Waals surface area contributed by atoms with Crippen molar-refractivity contribution in [1.82, 2.24) is 0 Å². The second-order valence-corrected chi connectivity index (χ2v) is 4.18. The van der Waals surface area contributed by atoms with Gasteiger partial charge < -0.3 is 4.79 Å². The first kappa shape index (κ1) is 9.45. The van der Waals surface area contributed by atoms with E-state index < -0.39 is 0 Å². The van der Waals surface area contributed by atoms with Crippen molar-refractivity contribution in [3.8, 4) is 0 Å². The highest BCUT2D eigenvalue weighted by molar-refractivity contribution is 5.54. The van der Waals surface area contributed by atoms with Crippen LogP contribution in [-0.4, -0.2) is 6.29 Å². The van der Waals surface area contributed by atoms with Crippen LogP contribution >= 0.6 is 0 Å². The molecule has 0 N–H and O–H groups in total. The van der Waals surface area contributed by atoms with Gasteiger partial charge in [-0.15, -0.1) is 0 Å². The first-order chi connectivity index (χ1) is 6.90. The Balaban J connectivity index is 2.00. The van der Waals surface area contributed by atoms with Crippen LogP contribution in [0, 0.1) is 11.8 Å². The summed E-state index contributed by atoms with van der Waals surface area (Å²) in [6.07, 6.45) is 5.77. The predicted octanol–water partition coefficient (Wildman–Crippen LogP) is 2.84. The van der Waals surface area contributed by atoms with Gasteiger partial charge in [-0.25, -0.2) is 0 Å². The summed E-state index contributed by atoms with van der Waals surface area (Å²) < 4.78 is 0. The zero-order chi connectivity index (χ0) is 9.80. The van der Waals surface area contributed by atoms with Crippen molar-refractivity contribution in [2.75, 3.05) is 0 Å². The summed E-state index contributed by atoms with van der Waals surface area (Å²) in [5.41, 5.74) is 1.37. The summed E-state index contributed by atoms with van der Waals surface area (Å²) >= 11 is 0. The number of hydrogen-bond acceptors (Lipinski definition) is 1. The summed E-state index contributed by atoms with van der Waals surface area (Å²) in [6.45, 7) is 0. The van der Waals surface area contributed by atoms with Gasteiger partial charge in [0.25, 0.3) is 0 Å². The Morgan fingerprint density at radius 3 is 2.71 bits per heavy atom. The van der Waals surface area contributed by atoms with E-state index >= 15 is 0 Å². The molecule has 0 bridgehead atoms. The lowest BCUT2D eigenvalue weighted by atomic mass is 9.91. The second-order valence-electron chi connectivity index (χ2n) is 4.18. The van der Waals surface area contributed by atoms with Crippen LogP contribution in [0.2, 0.25) is 0 Å². The van der Waals surface area contributed by atoms with E-state index in [2.05, 4.69) is 24.3 Å². The third-order valence-electron chi connectivity index (χ3n) is 3.23. The summed E-state index contributed by atoms with van der Waals surface area (Å²) in [7, 11) is 0. The number of benzene rings is 1. The average molecular weight is 188 g/mol. The maximum Gasteiger partial charge on any atom is 0.123 e. The van der Waals surface area contributed by atoms with Crippen LogP contribution in [0.5, 0.6) is 0 Å². The smallest absolute Gasteiger partial charge is 0.123 e. The molecule has 0 saturated heterocycles. The lowest BCUT2D eigenvalue weighted by Gasteiger charge is -2.13. The maximum atomic E-state index is 10.8. The number of rotatable bonds is 3. The summed E-state index contributed by atoms with van der Waals surface area (Å²) in [4.78, 5) is 10.8. The van der Waals surface area contributed by atoms with Crippen LogP contribution in [0.25, 0.3) is 0 Å². The molecule has 74 valence electrons. The zero-order valence-corrected chi connectivity index (χ0v) is 8.36. The molecule has 1 aliphatic rings. The van der Waals surface area contributed by atoms with Crippen molar-refractivity contribution in [3.05, 3.63) is 35.9 Å². The van der Waals surface area contributed by atoms with Crippen molar-refractivity contribution >= 4 is 6.29 Å². The average Bonchev–Trinajstić information content (AvgIpc) is 2.67. The van der Waals surface area contributed by atoms with Gasteiger partial charge in [-0.3, -0.25) is 0 Å². The van der Waals surface area contributed by atoms with Crippen molar-refractivity contribution in [1.29, 1.82) is 0 Å². The largest absolute Gasteiger partial charge is 0.303 e. The van der Waals surface area contributed by atoms with Gasteiger partial charge in [-0.1, -0.05) is 36.8 Å². The minimum atomic E-state index is 0.315. The quantitative estimate of drug-likeness (QED) is 0.667. The Morgan fingerprint density at radius 1 is 1.21 bits per heavy atom. The number of carbonyl (C=O) groups is 1. The van der Waals surface area contributed by atoms with Crippen LogP contribution in [0.3, 0.4) is 0 Å². The van der Waals surface area contributed by atoms with Crippen molar-refractivity contribution in [2.24, 2.45) is 11.8 Å². The molecular weight excluding hydrogens is 172 g/mol. The molecule has 1 aromatic rings. The first-order valence-electron chi connectivity index (χ1n) is 5.39. The Kier molecular flexibility index (Phi) is 2.97. The third-order valence-corrected chi connectivity index (χ3v) is 3.23. The Bertz CT molecular complexity index is 291. The zero-order valence-electron chi connectivity index (χ0n) is 8.36. The van der Waals surface area contributed by atoms with E-state index in [-0.39, 0.29) is 0 Å². The highest BCUT2D eigenvalue weighted by Crippen LogP contribution is 2.32. The SMILES string of the molecule is O=C[C@@H]1CCC[C@@H]1Cc1ccccc1. The van der Waals surface area contributed by atoms with Crippen molar-refractivity contribution in [3.63, 3.8) is 0 Å². The van der Waals surface area contributed by atoms with Crippen LogP contribution in [-0.2, 0) is 11.2 Å². The Morgan fingerprint density at radius 2 is 2.00 bits per heavy atom. The molecule has 0 aromatic heterocycles. The van der Waals surface area contributed by atoms with Crippen LogP contribution in [0.4, 0.5) is 0 Å². The van der Waals surface area contributed by atoms with E-state index in [1.54, 1.807) is 0 Å². The molecule has 0 spiro atoms. The maximum absolute atomic E-state index is 10.8. The van der Waals surface area contributed by atoms with Crippen molar-refractivity contribution in [2.45, 2.75) is 25.7 Å². The molecule has 0 radical (unpaired) electrons. The van der Waals surface area contributed by atoms with E-state index in [0.29, 0.717) is 11.8 Å². The minimum Gasteiger partial charge on any atom is -0.303 e. The topological polar surface area (TPSA) is 17.1 Å². The van der Waals surface area contributed by atoms with Gasteiger partial charge in [0.15, 0.2) is 0 Å². The molecule has 14 heavy (non-hydrogen) atoms. The normalized spacial score (nSPS) is 26.3. The summed E-state index contributed by atoms with van der Waals surface area (Å²) in [5.74, 6) is 0.908. The number of hydrogen-bond donors (Lipinski definition) is 0. The van der Waals surface area contributed by atoms with E-state index in [9.17, 15) is 4.79 Å². The summed E-state index contributed by atoms with van der Waals surface area (Å²) in [5, 5.41) is 0. The molecule has 1 fully saturated rings. The van der Waals surface area contributed by atoms with Gasteiger partial charge in [0.05, 0.1) is 0 Å².